The Labute approximate surface area is 124 Å². The lowest BCUT2D eigenvalue weighted by Gasteiger charge is -2.39. The first-order valence-corrected chi connectivity index (χ1v) is 7.43. The minimum Gasteiger partial charge on any atom is -0.480 e. The summed E-state index contributed by atoms with van der Waals surface area (Å²) in [5.74, 6) is -0.627. The van der Waals surface area contributed by atoms with Gasteiger partial charge in [0, 0.05) is 38.6 Å². The van der Waals surface area contributed by atoms with E-state index in [1.807, 2.05) is 18.7 Å². The average molecular weight is 297 g/mol. The van der Waals surface area contributed by atoms with E-state index in [4.69, 9.17) is 5.11 Å². The van der Waals surface area contributed by atoms with Crippen molar-refractivity contribution in [3.8, 4) is 0 Å². The third-order valence-electron chi connectivity index (χ3n) is 3.95. The molecule has 1 N–H and O–H groups in total. The molecule has 21 heavy (non-hydrogen) atoms. The van der Waals surface area contributed by atoms with E-state index in [2.05, 4.69) is 0 Å². The van der Waals surface area contributed by atoms with Crippen LogP contribution in [0.15, 0.2) is 0 Å². The van der Waals surface area contributed by atoms with Gasteiger partial charge in [-0.15, -0.1) is 0 Å². The van der Waals surface area contributed by atoms with E-state index in [9.17, 15) is 14.4 Å². The molecule has 7 nitrogen and oxygen atoms in total. The zero-order valence-electron chi connectivity index (χ0n) is 12.6. The van der Waals surface area contributed by atoms with Gasteiger partial charge in [-0.25, -0.2) is 4.79 Å². The van der Waals surface area contributed by atoms with Crippen molar-refractivity contribution >= 4 is 17.9 Å². The van der Waals surface area contributed by atoms with Crippen LogP contribution >= 0.6 is 0 Å². The summed E-state index contributed by atoms with van der Waals surface area (Å²) in [7, 11) is 0. The van der Waals surface area contributed by atoms with E-state index in [1.165, 1.54) is 4.90 Å². The largest absolute Gasteiger partial charge is 0.480 e. The van der Waals surface area contributed by atoms with Crippen LogP contribution < -0.4 is 0 Å². The van der Waals surface area contributed by atoms with E-state index in [0.717, 1.165) is 6.42 Å². The van der Waals surface area contributed by atoms with E-state index in [-0.39, 0.29) is 30.4 Å². The fourth-order valence-electron chi connectivity index (χ4n) is 3.05. The van der Waals surface area contributed by atoms with E-state index in [1.54, 1.807) is 4.90 Å². The number of carbonyl (C=O) groups excluding carboxylic acids is 2. The second-order valence-electron chi connectivity index (χ2n) is 6.18. The first-order chi connectivity index (χ1) is 9.88. The Hall–Kier alpha value is -1.79. The second kappa shape index (κ2) is 6.32. The van der Waals surface area contributed by atoms with Gasteiger partial charge in [-0.3, -0.25) is 9.59 Å². The lowest BCUT2D eigenvalue weighted by atomic mass is 10.1. The van der Waals surface area contributed by atoms with Crippen LogP contribution in [0.3, 0.4) is 0 Å². The Morgan fingerprint density at radius 3 is 2.71 bits per heavy atom. The molecule has 7 heteroatoms. The number of nitrogens with zero attached hydrogens (tertiary/aromatic N) is 3. The van der Waals surface area contributed by atoms with E-state index in [0.29, 0.717) is 32.6 Å². The molecule has 2 heterocycles. The van der Waals surface area contributed by atoms with Crippen molar-refractivity contribution in [2.45, 2.75) is 32.7 Å². The first-order valence-electron chi connectivity index (χ1n) is 7.43. The molecule has 0 aliphatic carbocycles. The number of fused-ring (bicyclic) bond motifs is 1. The van der Waals surface area contributed by atoms with Gasteiger partial charge in [-0.1, -0.05) is 13.8 Å². The number of aliphatic carboxylic acids is 1. The van der Waals surface area contributed by atoms with Gasteiger partial charge in [0.25, 0.3) is 0 Å². The summed E-state index contributed by atoms with van der Waals surface area (Å²) in [5.41, 5.74) is 0. The van der Waals surface area contributed by atoms with Crippen molar-refractivity contribution < 1.29 is 19.5 Å². The number of hydrogen-bond donors (Lipinski definition) is 1. The van der Waals surface area contributed by atoms with Gasteiger partial charge in [0.1, 0.15) is 6.54 Å². The highest BCUT2D eigenvalue weighted by Gasteiger charge is 2.38. The van der Waals surface area contributed by atoms with Gasteiger partial charge >= 0.3 is 12.0 Å². The quantitative estimate of drug-likeness (QED) is 0.817. The zero-order valence-corrected chi connectivity index (χ0v) is 12.6. The van der Waals surface area contributed by atoms with Crippen LogP contribution in [-0.4, -0.2) is 76.5 Å². The Morgan fingerprint density at radius 2 is 2.10 bits per heavy atom. The number of amides is 3. The maximum atomic E-state index is 12.5. The normalized spacial score (nSPS) is 21.7. The molecular weight excluding hydrogens is 274 g/mol. The highest BCUT2D eigenvalue weighted by Crippen LogP contribution is 2.23. The molecule has 2 rings (SSSR count). The number of carbonyl (C=O) groups is 3. The molecule has 1 atom stereocenters. The summed E-state index contributed by atoms with van der Waals surface area (Å²) in [4.78, 5) is 40.0. The predicted molar refractivity (Wildman–Crippen MR) is 75.8 cm³/mol. The van der Waals surface area contributed by atoms with Crippen LogP contribution in [0.5, 0.6) is 0 Å². The third-order valence-corrected chi connectivity index (χ3v) is 3.95. The van der Waals surface area contributed by atoms with Crippen LogP contribution in [0.25, 0.3) is 0 Å². The second-order valence-corrected chi connectivity index (χ2v) is 6.18. The monoisotopic (exact) mass is 297 g/mol. The van der Waals surface area contributed by atoms with Crippen molar-refractivity contribution in [1.82, 2.24) is 14.7 Å². The van der Waals surface area contributed by atoms with Gasteiger partial charge in [-0.2, -0.15) is 0 Å². The number of carboxylic acid groups (broad SMARTS) is 1. The van der Waals surface area contributed by atoms with Crippen molar-refractivity contribution in [2.75, 3.05) is 32.7 Å². The number of carboxylic acids is 1. The molecule has 0 aromatic carbocycles. The van der Waals surface area contributed by atoms with Gasteiger partial charge in [0.15, 0.2) is 0 Å². The number of urea groups is 1. The smallest absolute Gasteiger partial charge is 0.323 e. The van der Waals surface area contributed by atoms with Crippen LogP contribution in [0, 0.1) is 5.92 Å². The standard InChI is InChI=1S/C14H23N3O4/c1-10(2)7-16(9-13(19)20)14(21)15-5-6-17-11(8-15)3-4-12(17)18/h10-11H,3-9H2,1-2H3,(H,19,20). The van der Waals surface area contributed by atoms with Gasteiger partial charge in [-0.05, 0) is 12.3 Å². The fourth-order valence-corrected chi connectivity index (χ4v) is 3.05. The maximum absolute atomic E-state index is 12.5. The Balaban J connectivity index is 2.00. The molecular formula is C14H23N3O4. The molecule has 3 amide bonds. The van der Waals surface area contributed by atoms with E-state index < -0.39 is 5.97 Å². The molecule has 0 aromatic rings. The molecule has 0 radical (unpaired) electrons. The molecule has 2 fully saturated rings. The van der Waals surface area contributed by atoms with Crippen molar-refractivity contribution in [3.05, 3.63) is 0 Å². The molecule has 0 saturated carbocycles. The average Bonchev–Trinajstić information content (AvgIpc) is 2.77. The molecule has 1 unspecified atom stereocenters. The van der Waals surface area contributed by atoms with Crippen molar-refractivity contribution in [3.63, 3.8) is 0 Å². The molecule has 0 aromatic heterocycles. The molecule has 118 valence electrons. The topological polar surface area (TPSA) is 81.2 Å². The SMILES string of the molecule is CC(C)CN(CC(=O)O)C(=O)N1CCN2C(=O)CCC2C1. The van der Waals surface area contributed by atoms with Crippen LogP contribution in [-0.2, 0) is 9.59 Å². The van der Waals surface area contributed by atoms with Crippen LogP contribution in [0.4, 0.5) is 4.79 Å². The third kappa shape index (κ3) is 3.65. The summed E-state index contributed by atoms with van der Waals surface area (Å²) in [6.45, 7) is 5.60. The van der Waals surface area contributed by atoms with Gasteiger partial charge in [0.05, 0.1) is 0 Å². The summed E-state index contributed by atoms with van der Waals surface area (Å²) >= 11 is 0. The highest BCUT2D eigenvalue weighted by atomic mass is 16.4. The lowest BCUT2D eigenvalue weighted by molar-refractivity contribution is -0.137. The molecule has 2 aliphatic rings. The number of rotatable bonds is 4. The Kier molecular flexibility index (Phi) is 4.69. The fraction of sp³-hybridized carbons (Fsp3) is 0.786. The van der Waals surface area contributed by atoms with Gasteiger partial charge in [0.2, 0.25) is 5.91 Å². The maximum Gasteiger partial charge on any atom is 0.323 e. The zero-order chi connectivity index (χ0) is 15.6. The van der Waals surface area contributed by atoms with Crippen LogP contribution in [0.1, 0.15) is 26.7 Å². The lowest BCUT2D eigenvalue weighted by Crippen LogP contribution is -2.57. The molecule has 2 aliphatic heterocycles. The summed E-state index contributed by atoms with van der Waals surface area (Å²) in [6.07, 6.45) is 1.34. The summed E-state index contributed by atoms with van der Waals surface area (Å²) in [5, 5.41) is 8.96. The number of piperazine rings is 1. The summed E-state index contributed by atoms with van der Waals surface area (Å²) < 4.78 is 0. The Morgan fingerprint density at radius 1 is 1.38 bits per heavy atom. The van der Waals surface area contributed by atoms with Gasteiger partial charge < -0.3 is 19.8 Å². The Bertz CT molecular complexity index is 438. The molecule has 0 spiro atoms. The highest BCUT2D eigenvalue weighted by molar-refractivity contribution is 5.82. The summed E-state index contributed by atoms with van der Waals surface area (Å²) in [6, 6.07) is -0.133. The van der Waals surface area contributed by atoms with E-state index >= 15 is 0 Å². The van der Waals surface area contributed by atoms with Crippen molar-refractivity contribution in [2.24, 2.45) is 5.92 Å². The minimum atomic E-state index is -1.00. The minimum absolute atomic E-state index is 0.0981. The first kappa shape index (κ1) is 15.6. The molecule has 2 saturated heterocycles. The van der Waals surface area contributed by atoms with Crippen molar-refractivity contribution in [1.29, 1.82) is 0 Å². The van der Waals surface area contributed by atoms with Crippen LogP contribution in [0.2, 0.25) is 0 Å². The molecule has 0 bridgehead atoms. The predicted octanol–water partition coefficient (Wildman–Crippen LogP) is 0.456. The number of hydrogen-bond acceptors (Lipinski definition) is 3.